The molecule has 1 heterocycles. The van der Waals surface area contributed by atoms with Crippen molar-refractivity contribution in [3.8, 4) is 0 Å². The number of fused-ring (bicyclic) bond motifs is 1. The molecule has 3 aromatic carbocycles. The van der Waals surface area contributed by atoms with E-state index in [1.165, 1.54) is 17.0 Å². The van der Waals surface area contributed by atoms with E-state index in [2.05, 4.69) is 5.32 Å². The van der Waals surface area contributed by atoms with Crippen LogP contribution in [0.4, 0.5) is 5.69 Å². The molecule has 8 heteroatoms. The maximum absolute atomic E-state index is 12.5. The Bertz CT molecular complexity index is 1260. The predicted octanol–water partition coefficient (Wildman–Crippen LogP) is 4.55. The first-order valence-corrected chi connectivity index (χ1v) is 10.9. The van der Waals surface area contributed by atoms with E-state index in [1.54, 1.807) is 42.5 Å². The number of nitrogens with one attached hydrogen (secondary N) is 1. The van der Waals surface area contributed by atoms with E-state index in [9.17, 15) is 19.2 Å². The number of aryl methyl sites for hydroxylation is 2. The molecule has 172 valence electrons. The summed E-state index contributed by atoms with van der Waals surface area (Å²) in [6.07, 6.45) is 0. The number of rotatable bonds is 6. The fraction of sp³-hybridized carbons (Fsp3) is 0.154. The van der Waals surface area contributed by atoms with Crippen molar-refractivity contribution in [3.63, 3.8) is 0 Å². The average molecular weight is 477 g/mol. The Morgan fingerprint density at radius 3 is 2.15 bits per heavy atom. The van der Waals surface area contributed by atoms with Gasteiger partial charge in [0.2, 0.25) is 0 Å². The third kappa shape index (κ3) is 4.70. The minimum atomic E-state index is -0.672. The number of amides is 3. The molecule has 0 atom stereocenters. The SMILES string of the molecule is Cc1cc(C)c(NC(=O)COC(=O)c2ccc(CN3C(=O)c4ccccc4C3=O)cc2)c(Cl)c1. The highest BCUT2D eigenvalue weighted by molar-refractivity contribution is 6.34. The van der Waals surface area contributed by atoms with Crippen molar-refractivity contribution in [2.75, 3.05) is 11.9 Å². The Kier molecular flexibility index (Phi) is 6.47. The first-order chi connectivity index (χ1) is 16.2. The minimum Gasteiger partial charge on any atom is -0.452 e. The Labute approximate surface area is 201 Å². The Morgan fingerprint density at radius 2 is 1.56 bits per heavy atom. The van der Waals surface area contributed by atoms with Crippen molar-refractivity contribution in [2.45, 2.75) is 20.4 Å². The fourth-order valence-electron chi connectivity index (χ4n) is 3.78. The molecule has 4 rings (SSSR count). The summed E-state index contributed by atoms with van der Waals surface area (Å²) in [6.45, 7) is 3.33. The van der Waals surface area contributed by atoms with E-state index in [1.807, 2.05) is 19.9 Å². The molecule has 3 aromatic rings. The number of anilines is 1. The standard InChI is InChI=1S/C26H21ClN2O5/c1-15-11-16(2)23(21(27)12-15)28-22(30)14-34-26(33)18-9-7-17(8-10-18)13-29-24(31)19-5-3-4-6-20(19)25(29)32/h3-12H,13-14H2,1-2H3,(H,28,30). The maximum Gasteiger partial charge on any atom is 0.338 e. The summed E-state index contributed by atoms with van der Waals surface area (Å²) in [5, 5.41) is 3.07. The molecular formula is C26H21ClN2O5. The summed E-state index contributed by atoms with van der Waals surface area (Å²) in [5.41, 5.74) is 3.93. The third-order valence-corrected chi connectivity index (χ3v) is 5.74. The van der Waals surface area contributed by atoms with Crippen LogP contribution in [-0.4, -0.2) is 35.2 Å². The molecule has 0 spiro atoms. The van der Waals surface area contributed by atoms with E-state index in [4.69, 9.17) is 16.3 Å². The van der Waals surface area contributed by atoms with Gasteiger partial charge in [0.25, 0.3) is 17.7 Å². The van der Waals surface area contributed by atoms with Crippen LogP contribution < -0.4 is 5.32 Å². The number of hydrogen-bond donors (Lipinski definition) is 1. The van der Waals surface area contributed by atoms with Gasteiger partial charge in [0.15, 0.2) is 6.61 Å². The van der Waals surface area contributed by atoms with Crippen molar-refractivity contribution in [2.24, 2.45) is 0 Å². The lowest BCUT2D eigenvalue weighted by atomic mass is 10.1. The smallest absolute Gasteiger partial charge is 0.338 e. The van der Waals surface area contributed by atoms with Crippen LogP contribution in [0.2, 0.25) is 5.02 Å². The van der Waals surface area contributed by atoms with Gasteiger partial charge >= 0.3 is 5.97 Å². The first-order valence-electron chi connectivity index (χ1n) is 10.5. The number of carbonyl (C=O) groups is 4. The summed E-state index contributed by atoms with van der Waals surface area (Å²) >= 11 is 6.19. The Hall–Kier alpha value is -3.97. The highest BCUT2D eigenvalue weighted by Gasteiger charge is 2.34. The number of hydrogen-bond acceptors (Lipinski definition) is 5. The highest BCUT2D eigenvalue weighted by atomic mass is 35.5. The molecular weight excluding hydrogens is 456 g/mol. The Balaban J connectivity index is 1.34. The zero-order valence-corrected chi connectivity index (χ0v) is 19.3. The van der Waals surface area contributed by atoms with Gasteiger partial charge in [0.05, 0.1) is 33.9 Å². The van der Waals surface area contributed by atoms with Crippen LogP contribution >= 0.6 is 11.6 Å². The number of ether oxygens (including phenoxy) is 1. The molecule has 1 aliphatic rings. The monoisotopic (exact) mass is 476 g/mol. The molecule has 0 radical (unpaired) electrons. The van der Waals surface area contributed by atoms with Gasteiger partial charge in [-0.25, -0.2) is 4.79 Å². The van der Waals surface area contributed by atoms with E-state index >= 15 is 0 Å². The molecule has 0 saturated carbocycles. The number of halogens is 1. The molecule has 0 saturated heterocycles. The lowest BCUT2D eigenvalue weighted by molar-refractivity contribution is -0.119. The predicted molar refractivity (Wildman–Crippen MR) is 127 cm³/mol. The zero-order valence-electron chi connectivity index (χ0n) is 18.6. The van der Waals surface area contributed by atoms with Gasteiger partial charge in [-0.3, -0.25) is 19.3 Å². The van der Waals surface area contributed by atoms with E-state index in [0.717, 1.165) is 11.1 Å². The Morgan fingerprint density at radius 1 is 0.941 bits per heavy atom. The van der Waals surface area contributed by atoms with Gasteiger partial charge in [-0.15, -0.1) is 0 Å². The van der Waals surface area contributed by atoms with Crippen molar-refractivity contribution in [1.29, 1.82) is 0 Å². The second kappa shape index (κ2) is 9.49. The van der Waals surface area contributed by atoms with Crippen LogP contribution in [0.5, 0.6) is 0 Å². The summed E-state index contributed by atoms with van der Waals surface area (Å²) in [4.78, 5) is 50.8. The molecule has 7 nitrogen and oxygen atoms in total. The number of imide groups is 1. The van der Waals surface area contributed by atoms with Crippen LogP contribution in [0, 0.1) is 13.8 Å². The molecule has 0 unspecified atom stereocenters. The number of nitrogens with zero attached hydrogens (tertiary/aromatic N) is 1. The van der Waals surface area contributed by atoms with Gasteiger partial charge in [-0.1, -0.05) is 41.9 Å². The van der Waals surface area contributed by atoms with E-state index in [0.29, 0.717) is 27.4 Å². The molecule has 1 N–H and O–H groups in total. The topological polar surface area (TPSA) is 92.8 Å². The van der Waals surface area contributed by atoms with Crippen molar-refractivity contribution in [3.05, 3.63) is 99.1 Å². The van der Waals surface area contributed by atoms with Gasteiger partial charge in [0, 0.05) is 0 Å². The molecule has 34 heavy (non-hydrogen) atoms. The highest BCUT2D eigenvalue weighted by Crippen LogP contribution is 2.27. The molecule has 0 aromatic heterocycles. The van der Waals surface area contributed by atoms with Crippen LogP contribution in [0.15, 0.2) is 60.7 Å². The summed E-state index contributed by atoms with van der Waals surface area (Å²) in [5.74, 6) is -1.88. The van der Waals surface area contributed by atoms with E-state index < -0.39 is 18.5 Å². The second-order valence-corrected chi connectivity index (χ2v) is 8.41. The number of carbonyl (C=O) groups excluding carboxylic acids is 4. The number of esters is 1. The van der Waals surface area contributed by atoms with E-state index in [-0.39, 0.29) is 23.9 Å². The van der Waals surface area contributed by atoms with Crippen LogP contribution in [0.25, 0.3) is 0 Å². The van der Waals surface area contributed by atoms with Gasteiger partial charge in [-0.2, -0.15) is 0 Å². The average Bonchev–Trinajstić information content (AvgIpc) is 3.05. The summed E-state index contributed by atoms with van der Waals surface area (Å²) < 4.78 is 5.10. The molecule has 0 aliphatic carbocycles. The minimum absolute atomic E-state index is 0.0841. The van der Waals surface area contributed by atoms with Gasteiger partial charge in [-0.05, 0) is 60.9 Å². The third-order valence-electron chi connectivity index (χ3n) is 5.44. The summed E-state index contributed by atoms with van der Waals surface area (Å²) in [6, 6.07) is 16.6. The first kappa shape index (κ1) is 23.2. The second-order valence-electron chi connectivity index (χ2n) is 8.00. The quantitative estimate of drug-likeness (QED) is 0.416. The normalized spacial score (nSPS) is 12.5. The van der Waals surface area contributed by atoms with Crippen molar-refractivity contribution >= 4 is 41.0 Å². The zero-order chi connectivity index (χ0) is 24.4. The fourth-order valence-corrected chi connectivity index (χ4v) is 4.14. The lowest BCUT2D eigenvalue weighted by Gasteiger charge is -2.14. The maximum atomic E-state index is 12.5. The van der Waals surface area contributed by atoms with Crippen molar-refractivity contribution in [1.82, 2.24) is 4.90 Å². The van der Waals surface area contributed by atoms with Crippen molar-refractivity contribution < 1.29 is 23.9 Å². The largest absolute Gasteiger partial charge is 0.452 e. The van der Waals surface area contributed by atoms with Crippen LogP contribution in [0.3, 0.4) is 0 Å². The van der Waals surface area contributed by atoms with Gasteiger partial charge in [0.1, 0.15) is 0 Å². The molecule has 0 bridgehead atoms. The van der Waals surface area contributed by atoms with Crippen LogP contribution in [-0.2, 0) is 16.1 Å². The number of benzene rings is 3. The molecule has 3 amide bonds. The summed E-state index contributed by atoms with van der Waals surface area (Å²) in [7, 11) is 0. The van der Waals surface area contributed by atoms with Gasteiger partial charge < -0.3 is 10.1 Å². The molecule has 0 fully saturated rings. The molecule has 1 aliphatic heterocycles. The van der Waals surface area contributed by atoms with Crippen LogP contribution in [0.1, 0.15) is 47.8 Å². The lowest BCUT2D eigenvalue weighted by Crippen LogP contribution is -2.29.